The molecule has 9 heteroatoms. The first kappa shape index (κ1) is 26.5. The topological polar surface area (TPSA) is 74.1 Å². The van der Waals surface area contributed by atoms with Crippen LogP contribution in [0.1, 0.15) is 30.0 Å². The standard InChI is InChI=1S/C29H30BrN3O4S/c1-3-31(4-2)25-12-7-22-19-28(37-27(22)20-25)29(34)21-5-10-24(11-6-21)32-15-17-33(18-16-32)38(35,36)26-13-8-23(30)9-14-26/h5-14,19-20H,3-4,15-18H2,1-2H3. The smallest absolute Gasteiger partial charge is 0.243 e. The molecule has 0 amide bonds. The minimum atomic E-state index is -3.53. The summed E-state index contributed by atoms with van der Waals surface area (Å²) < 4.78 is 34.3. The average molecular weight is 597 g/mol. The minimum Gasteiger partial charge on any atom is -0.452 e. The van der Waals surface area contributed by atoms with E-state index in [2.05, 4.69) is 45.6 Å². The van der Waals surface area contributed by atoms with Crippen LogP contribution in [-0.4, -0.2) is 57.8 Å². The number of hydrogen-bond acceptors (Lipinski definition) is 6. The molecule has 1 aliphatic heterocycles. The number of benzene rings is 3. The van der Waals surface area contributed by atoms with Gasteiger partial charge in [0.25, 0.3) is 0 Å². The van der Waals surface area contributed by atoms with Crippen LogP contribution >= 0.6 is 15.9 Å². The molecule has 0 N–H and O–H groups in total. The van der Waals surface area contributed by atoms with Gasteiger partial charge in [-0.2, -0.15) is 4.31 Å². The van der Waals surface area contributed by atoms with Gasteiger partial charge >= 0.3 is 0 Å². The van der Waals surface area contributed by atoms with Gasteiger partial charge in [-0.1, -0.05) is 15.9 Å². The number of rotatable bonds is 8. The first-order chi connectivity index (χ1) is 18.3. The molecular formula is C29H30BrN3O4S. The summed E-state index contributed by atoms with van der Waals surface area (Å²) in [6, 6.07) is 22.0. The Morgan fingerprint density at radius 3 is 2.18 bits per heavy atom. The highest BCUT2D eigenvalue weighted by Gasteiger charge is 2.28. The van der Waals surface area contributed by atoms with Crippen molar-refractivity contribution in [1.82, 2.24) is 4.31 Å². The lowest BCUT2D eigenvalue weighted by Crippen LogP contribution is -2.48. The molecule has 0 spiro atoms. The maximum Gasteiger partial charge on any atom is 0.243 e. The first-order valence-corrected chi connectivity index (χ1v) is 15.0. The Bertz CT molecular complexity index is 1540. The van der Waals surface area contributed by atoms with E-state index in [1.165, 1.54) is 4.31 Å². The molecule has 0 atom stereocenters. The number of ketones is 1. The van der Waals surface area contributed by atoms with Crippen molar-refractivity contribution < 1.29 is 17.6 Å². The number of piperazine rings is 1. The van der Waals surface area contributed by atoms with Crippen LogP contribution in [-0.2, 0) is 10.0 Å². The number of furan rings is 1. The average Bonchev–Trinajstić information content (AvgIpc) is 3.37. The summed E-state index contributed by atoms with van der Waals surface area (Å²) in [5.74, 6) is 0.152. The number of fused-ring (bicyclic) bond motifs is 1. The highest BCUT2D eigenvalue weighted by atomic mass is 79.9. The molecular weight excluding hydrogens is 566 g/mol. The predicted octanol–water partition coefficient (Wildman–Crippen LogP) is 5.78. The number of carbonyl (C=O) groups is 1. The summed E-state index contributed by atoms with van der Waals surface area (Å²) >= 11 is 3.35. The van der Waals surface area contributed by atoms with E-state index in [1.54, 1.807) is 42.5 Å². The van der Waals surface area contributed by atoms with E-state index < -0.39 is 10.0 Å². The van der Waals surface area contributed by atoms with E-state index in [4.69, 9.17) is 4.42 Å². The fourth-order valence-corrected chi connectivity index (χ4v) is 6.51. The van der Waals surface area contributed by atoms with Crippen molar-refractivity contribution in [2.75, 3.05) is 49.1 Å². The van der Waals surface area contributed by atoms with E-state index in [0.29, 0.717) is 48.0 Å². The van der Waals surface area contributed by atoms with E-state index in [0.717, 1.165) is 34.3 Å². The summed E-state index contributed by atoms with van der Waals surface area (Å²) in [5, 5.41) is 0.900. The maximum absolute atomic E-state index is 13.1. The fourth-order valence-electron chi connectivity index (χ4n) is 4.83. The highest BCUT2D eigenvalue weighted by Crippen LogP contribution is 2.28. The van der Waals surface area contributed by atoms with E-state index in [-0.39, 0.29) is 5.78 Å². The van der Waals surface area contributed by atoms with Gasteiger partial charge in [-0.05, 0) is 80.6 Å². The molecule has 1 saturated heterocycles. The zero-order valence-electron chi connectivity index (χ0n) is 21.4. The first-order valence-electron chi connectivity index (χ1n) is 12.7. The second kappa shape index (κ2) is 10.9. The monoisotopic (exact) mass is 595 g/mol. The zero-order valence-corrected chi connectivity index (χ0v) is 23.8. The number of nitrogens with zero attached hydrogens (tertiary/aromatic N) is 3. The SMILES string of the molecule is CCN(CC)c1ccc2cc(C(=O)c3ccc(N4CCN(S(=O)(=O)c5ccc(Br)cc5)CC4)cc3)oc2c1. The molecule has 0 bridgehead atoms. The van der Waals surface area contributed by atoms with Gasteiger partial charge in [-0.3, -0.25) is 4.79 Å². The van der Waals surface area contributed by atoms with Crippen LogP contribution in [0.25, 0.3) is 11.0 Å². The Labute approximate surface area is 231 Å². The van der Waals surface area contributed by atoms with Gasteiger partial charge in [0.05, 0.1) is 4.90 Å². The van der Waals surface area contributed by atoms with E-state index in [9.17, 15) is 13.2 Å². The lowest BCUT2D eigenvalue weighted by Gasteiger charge is -2.35. The van der Waals surface area contributed by atoms with Crippen LogP contribution in [0, 0.1) is 0 Å². The Morgan fingerprint density at radius 2 is 1.55 bits per heavy atom. The van der Waals surface area contributed by atoms with Crippen molar-refractivity contribution in [3.05, 3.63) is 88.6 Å². The molecule has 1 aromatic heterocycles. The third kappa shape index (κ3) is 5.23. The quantitative estimate of drug-likeness (QED) is 0.240. The number of hydrogen-bond donors (Lipinski definition) is 0. The van der Waals surface area contributed by atoms with Crippen molar-refractivity contribution in [2.24, 2.45) is 0 Å². The predicted molar refractivity (Wildman–Crippen MR) is 155 cm³/mol. The summed E-state index contributed by atoms with van der Waals surface area (Å²) in [6.45, 7) is 7.96. The largest absolute Gasteiger partial charge is 0.452 e. The van der Waals surface area contributed by atoms with Crippen LogP contribution in [0.3, 0.4) is 0 Å². The van der Waals surface area contributed by atoms with Crippen LogP contribution in [0.4, 0.5) is 11.4 Å². The Morgan fingerprint density at radius 1 is 0.895 bits per heavy atom. The fraction of sp³-hybridized carbons (Fsp3) is 0.276. The van der Waals surface area contributed by atoms with Gasteiger partial charge in [0.15, 0.2) is 5.76 Å². The van der Waals surface area contributed by atoms with Crippen molar-refractivity contribution in [1.29, 1.82) is 0 Å². The molecule has 0 aliphatic carbocycles. The summed E-state index contributed by atoms with van der Waals surface area (Å²) in [6.07, 6.45) is 0. The molecule has 0 radical (unpaired) electrons. The third-order valence-electron chi connectivity index (χ3n) is 7.04. The minimum absolute atomic E-state index is 0.164. The van der Waals surface area contributed by atoms with E-state index in [1.807, 2.05) is 24.3 Å². The maximum atomic E-state index is 13.1. The second-order valence-electron chi connectivity index (χ2n) is 9.23. The molecule has 198 valence electrons. The normalized spacial score (nSPS) is 14.7. The molecule has 2 heterocycles. The van der Waals surface area contributed by atoms with Crippen molar-refractivity contribution >= 4 is 54.1 Å². The van der Waals surface area contributed by atoms with Gasteiger partial charge in [-0.15, -0.1) is 0 Å². The second-order valence-corrected chi connectivity index (χ2v) is 12.1. The molecule has 7 nitrogen and oxygen atoms in total. The number of carbonyl (C=O) groups excluding carboxylic acids is 1. The number of anilines is 2. The van der Waals surface area contributed by atoms with Gasteiger partial charge < -0.3 is 14.2 Å². The Hall–Kier alpha value is -3.14. The summed E-state index contributed by atoms with van der Waals surface area (Å²) in [4.78, 5) is 17.8. The van der Waals surface area contributed by atoms with Gasteiger partial charge in [-0.25, -0.2) is 8.42 Å². The lowest BCUT2D eigenvalue weighted by molar-refractivity contribution is 0.101. The number of halogens is 1. The molecule has 0 saturated carbocycles. The van der Waals surface area contributed by atoms with Crippen LogP contribution in [0.2, 0.25) is 0 Å². The van der Waals surface area contributed by atoms with E-state index >= 15 is 0 Å². The molecule has 4 aromatic rings. The summed E-state index contributed by atoms with van der Waals surface area (Å²) in [7, 11) is -3.53. The molecule has 0 unspecified atom stereocenters. The van der Waals surface area contributed by atoms with Crippen LogP contribution in [0.15, 0.2) is 86.6 Å². The zero-order chi connectivity index (χ0) is 26.9. The van der Waals surface area contributed by atoms with Gasteiger partial charge in [0.1, 0.15) is 5.58 Å². The van der Waals surface area contributed by atoms with Crippen molar-refractivity contribution in [2.45, 2.75) is 18.7 Å². The lowest BCUT2D eigenvalue weighted by atomic mass is 10.1. The third-order valence-corrected chi connectivity index (χ3v) is 9.48. The number of sulfonamides is 1. The molecule has 38 heavy (non-hydrogen) atoms. The van der Waals surface area contributed by atoms with Crippen molar-refractivity contribution in [3.63, 3.8) is 0 Å². The van der Waals surface area contributed by atoms with Gasteiger partial charge in [0, 0.05) is 72.1 Å². The van der Waals surface area contributed by atoms with Crippen LogP contribution in [0.5, 0.6) is 0 Å². The molecule has 1 aliphatic rings. The van der Waals surface area contributed by atoms with Crippen LogP contribution < -0.4 is 9.80 Å². The molecule has 5 rings (SSSR count). The van der Waals surface area contributed by atoms with Gasteiger partial charge in [0.2, 0.25) is 15.8 Å². The molecule has 3 aromatic carbocycles. The van der Waals surface area contributed by atoms with Crippen molar-refractivity contribution in [3.8, 4) is 0 Å². The molecule has 1 fully saturated rings. The Kier molecular flexibility index (Phi) is 7.61. The summed E-state index contributed by atoms with van der Waals surface area (Å²) in [5.41, 5.74) is 3.28. The highest BCUT2D eigenvalue weighted by molar-refractivity contribution is 9.10. The Balaban J connectivity index is 1.25.